The van der Waals surface area contributed by atoms with Crippen LogP contribution in [0.2, 0.25) is 0 Å². The largest absolute Gasteiger partial charge is 0.394 e. The summed E-state index contributed by atoms with van der Waals surface area (Å²) in [4.78, 5) is 8.43. The average molecular weight is 501 g/mol. The molecule has 0 aliphatic carbocycles. The van der Waals surface area contributed by atoms with E-state index in [4.69, 9.17) is 0 Å². The zero-order chi connectivity index (χ0) is 24.3. The summed E-state index contributed by atoms with van der Waals surface area (Å²) in [6.07, 6.45) is 2.50. The molecule has 2 heterocycles. The SMILES string of the molecule is Cc1nnc(-c2cnc(Nc3ccc(S(C)(=O)=O)c(F)c3)nc2N[C@H](CO)c2ccccc2)s1. The fourth-order valence-electron chi connectivity index (χ4n) is 3.21. The Labute approximate surface area is 199 Å². The van der Waals surface area contributed by atoms with Gasteiger partial charge in [-0.2, -0.15) is 4.98 Å². The number of hydrogen-bond donors (Lipinski definition) is 3. The Morgan fingerprint density at radius 3 is 2.53 bits per heavy atom. The molecule has 2 aromatic carbocycles. The molecule has 0 amide bonds. The van der Waals surface area contributed by atoms with E-state index in [1.54, 1.807) is 6.20 Å². The number of aliphatic hydroxyl groups excluding tert-OH is 1. The monoisotopic (exact) mass is 500 g/mol. The molecule has 1 atom stereocenters. The number of aliphatic hydroxyl groups is 1. The highest BCUT2D eigenvalue weighted by Gasteiger charge is 2.19. The van der Waals surface area contributed by atoms with Crippen LogP contribution in [0.1, 0.15) is 16.6 Å². The lowest BCUT2D eigenvalue weighted by Gasteiger charge is -2.19. The number of hydrogen-bond acceptors (Lipinski definition) is 10. The number of nitrogens with zero attached hydrogens (tertiary/aromatic N) is 4. The summed E-state index contributed by atoms with van der Waals surface area (Å²) in [6.45, 7) is 1.64. The molecule has 4 rings (SSSR count). The molecule has 0 saturated carbocycles. The third kappa shape index (κ3) is 5.35. The Morgan fingerprint density at radius 2 is 1.91 bits per heavy atom. The zero-order valence-electron chi connectivity index (χ0n) is 18.2. The second kappa shape index (κ2) is 9.79. The highest BCUT2D eigenvalue weighted by molar-refractivity contribution is 7.90. The van der Waals surface area contributed by atoms with Crippen LogP contribution in [-0.4, -0.2) is 46.6 Å². The number of aryl methyl sites for hydroxylation is 1. The summed E-state index contributed by atoms with van der Waals surface area (Å²) in [6, 6.07) is 12.6. The van der Waals surface area contributed by atoms with E-state index in [0.717, 1.165) is 22.9 Å². The van der Waals surface area contributed by atoms with Crippen molar-refractivity contribution in [1.82, 2.24) is 20.2 Å². The Morgan fingerprint density at radius 1 is 1.15 bits per heavy atom. The molecule has 0 spiro atoms. The van der Waals surface area contributed by atoms with Crippen LogP contribution in [0.3, 0.4) is 0 Å². The second-order valence-electron chi connectivity index (χ2n) is 7.41. The van der Waals surface area contributed by atoms with E-state index in [1.807, 2.05) is 37.3 Å². The van der Waals surface area contributed by atoms with Crippen molar-refractivity contribution in [1.29, 1.82) is 0 Å². The summed E-state index contributed by atoms with van der Waals surface area (Å²) >= 11 is 1.37. The van der Waals surface area contributed by atoms with Gasteiger partial charge in [0, 0.05) is 18.1 Å². The maximum atomic E-state index is 14.3. The van der Waals surface area contributed by atoms with Crippen molar-refractivity contribution in [3.8, 4) is 10.6 Å². The molecule has 3 N–H and O–H groups in total. The number of nitrogens with one attached hydrogen (secondary N) is 2. The van der Waals surface area contributed by atoms with Crippen molar-refractivity contribution < 1.29 is 17.9 Å². The fourth-order valence-corrected chi connectivity index (χ4v) is 4.64. The quantitative estimate of drug-likeness (QED) is 0.331. The van der Waals surface area contributed by atoms with Gasteiger partial charge in [-0.05, 0) is 30.7 Å². The Balaban J connectivity index is 1.69. The maximum absolute atomic E-state index is 14.3. The van der Waals surface area contributed by atoms with E-state index in [9.17, 15) is 17.9 Å². The van der Waals surface area contributed by atoms with Crippen LogP contribution in [0.4, 0.5) is 21.8 Å². The van der Waals surface area contributed by atoms with E-state index < -0.39 is 26.6 Å². The Kier molecular flexibility index (Phi) is 6.82. The number of halogens is 1. The van der Waals surface area contributed by atoms with E-state index in [2.05, 4.69) is 30.8 Å². The molecule has 9 nitrogen and oxygen atoms in total. The standard InChI is InChI=1S/C22H21FN6O3S2/c1-13-28-29-21(33-13)16-11-24-22(25-15-8-9-19(17(23)10-15)34(2,31)32)27-20(16)26-18(12-30)14-6-4-3-5-7-14/h3-11,18,30H,12H2,1-2H3,(H2,24,25,26,27)/t18-/m1/s1. The number of rotatable bonds is 8. The molecule has 12 heteroatoms. The van der Waals surface area contributed by atoms with Gasteiger partial charge in [0.05, 0.1) is 18.2 Å². The van der Waals surface area contributed by atoms with Crippen LogP contribution in [0.15, 0.2) is 59.6 Å². The van der Waals surface area contributed by atoms with Gasteiger partial charge in [-0.1, -0.05) is 41.7 Å². The average Bonchev–Trinajstić information content (AvgIpc) is 3.23. The van der Waals surface area contributed by atoms with Gasteiger partial charge in [0.1, 0.15) is 21.5 Å². The summed E-state index contributed by atoms with van der Waals surface area (Å²) in [5.41, 5.74) is 1.72. The first kappa shape index (κ1) is 23.7. The third-order valence-electron chi connectivity index (χ3n) is 4.83. The first-order chi connectivity index (χ1) is 16.2. The summed E-state index contributed by atoms with van der Waals surface area (Å²) in [5, 5.41) is 25.7. The molecule has 0 aliphatic heterocycles. The molecule has 0 bridgehead atoms. The minimum absolute atomic E-state index is 0.142. The first-order valence-corrected chi connectivity index (χ1v) is 12.8. The minimum atomic E-state index is -3.69. The number of sulfone groups is 1. The lowest BCUT2D eigenvalue weighted by molar-refractivity contribution is 0.276. The van der Waals surface area contributed by atoms with E-state index in [0.29, 0.717) is 16.4 Å². The molecule has 0 radical (unpaired) electrons. The molecule has 0 saturated heterocycles. The summed E-state index contributed by atoms with van der Waals surface area (Å²) in [5.74, 6) is -0.343. The molecule has 0 aliphatic rings. The van der Waals surface area contributed by atoms with Crippen molar-refractivity contribution in [3.05, 3.63) is 71.1 Å². The lowest BCUT2D eigenvalue weighted by atomic mass is 10.1. The van der Waals surface area contributed by atoms with Crippen molar-refractivity contribution in [2.75, 3.05) is 23.5 Å². The van der Waals surface area contributed by atoms with Crippen LogP contribution in [-0.2, 0) is 9.84 Å². The molecular weight excluding hydrogens is 479 g/mol. The summed E-state index contributed by atoms with van der Waals surface area (Å²) in [7, 11) is -3.69. The smallest absolute Gasteiger partial charge is 0.229 e. The van der Waals surface area contributed by atoms with Gasteiger partial charge in [0.15, 0.2) is 14.8 Å². The number of aromatic nitrogens is 4. The van der Waals surface area contributed by atoms with Crippen LogP contribution in [0.5, 0.6) is 0 Å². The van der Waals surface area contributed by atoms with Crippen LogP contribution < -0.4 is 10.6 Å². The normalized spacial score (nSPS) is 12.4. The molecule has 176 valence electrons. The van der Waals surface area contributed by atoms with E-state index in [1.165, 1.54) is 23.5 Å². The Hall–Kier alpha value is -3.48. The predicted molar refractivity (Wildman–Crippen MR) is 128 cm³/mol. The topological polar surface area (TPSA) is 130 Å². The van der Waals surface area contributed by atoms with Gasteiger partial charge in [-0.15, -0.1) is 10.2 Å². The number of benzene rings is 2. The molecule has 2 aromatic heterocycles. The van der Waals surface area contributed by atoms with Gasteiger partial charge >= 0.3 is 0 Å². The molecule has 0 unspecified atom stereocenters. The predicted octanol–water partition coefficient (Wildman–Crippen LogP) is 3.74. The van der Waals surface area contributed by atoms with Gasteiger partial charge in [-0.3, -0.25) is 0 Å². The molecular formula is C22H21FN6O3S2. The van der Waals surface area contributed by atoms with Gasteiger partial charge < -0.3 is 15.7 Å². The molecule has 0 fully saturated rings. The van der Waals surface area contributed by atoms with E-state index in [-0.39, 0.29) is 18.2 Å². The fraction of sp³-hybridized carbons (Fsp3) is 0.182. The van der Waals surface area contributed by atoms with Gasteiger partial charge in [0.2, 0.25) is 5.95 Å². The summed E-state index contributed by atoms with van der Waals surface area (Å²) < 4.78 is 37.6. The highest BCUT2D eigenvalue weighted by atomic mass is 32.2. The van der Waals surface area contributed by atoms with Crippen molar-refractivity contribution in [3.63, 3.8) is 0 Å². The third-order valence-corrected chi connectivity index (χ3v) is 6.83. The van der Waals surface area contributed by atoms with Crippen molar-refractivity contribution in [2.24, 2.45) is 0 Å². The van der Waals surface area contributed by atoms with Gasteiger partial charge in [0.25, 0.3) is 0 Å². The van der Waals surface area contributed by atoms with Crippen LogP contribution in [0.25, 0.3) is 10.6 Å². The number of anilines is 3. The molecule has 34 heavy (non-hydrogen) atoms. The maximum Gasteiger partial charge on any atom is 0.229 e. The van der Waals surface area contributed by atoms with Crippen LogP contribution in [0, 0.1) is 12.7 Å². The second-order valence-corrected chi connectivity index (χ2v) is 10.6. The van der Waals surface area contributed by atoms with E-state index >= 15 is 0 Å². The highest BCUT2D eigenvalue weighted by Crippen LogP contribution is 2.32. The van der Waals surface area contributed by atoms with Crippen molar-refractivity contribution >= 4 is 38.6 Å². The minimum Gasteiger partial charge on any atom is -0.394 e. The first-order valence-electron chi connectivity index (χ1n) is 10.1. The Bertz CT molecular complexity index is 1410. The van der Waals surface area contributed by atoms with Gasteiger partial charge in [-0.25, -0.2) is 17.8 Å². The molecule has 4 aromatic rings. The van der Waals surface area contributed by atoms with Crippen molar-refractivity contribution in [2.45, 2.75) is 17.9 Å². The van der Waals surface area contributed by atoms with Crippen LogP contribution >= 0.6 is 11.3 Å². The zero-order valence-corrected chi connectivity index (χ0v) is 19.9. The lowest BCUT2D eigenvalue weighted by Crippen LogP contribution is -2.17.